The van der Waals surface area contributed by atoms with Crippen molar-refractivity contribution in [3.05, 3.63) is 48.4 Å². The second kappa shape index (κ2) is 8.08. The number of fused-ring (bicyclic) bond motifs is 1. The minimum absolute atomic E-state index is 0.0704. The molecule has 12 heteroatoms. The molecule has 1 aromatic carbocycles. The molecule has 0 aliphatic carbocycles. The monoisotopic (exact) mass is 449 g/mol. The van der Waals surface area contributed by atoms with Crippen LogP contribution >= 0.6 is 0 Å². The van der Waals surface area contributed by atoms with Gasteiger partial charge in [0.15, 0.2) is 5.82 Å². The number of nitrogens with one attached hydrogen (secondary N) is 1. The first-order valence-corrected chi connectivity index (χ1v) is 8.74. The minimum Gasteiger partial charge on any atom is -0.406 e. The lowest BCUT2D eigenvalue weighted by atomic mass is 10.1. The third kappa shape index (κ3) is 5.44. The summed E-state index contributed by atoms with van der Waals surface area (Å²) in [6.07, 6.45) is -9.33. The Morgan fingerprint density at radius 1 is 1.10 bits per heavy atom. The van der Waals surface area contributed by atoms with Gasteiger partial charge in [0.05, 0.1) is 11.6 Å². The lowest BCUT2D eigenvalue weighted by molar-refractivity contribution is -0.274. The number of anilines is 1. The Bertz CT molecular complexity index is 1090. The van der Waals surface area contributed by atoms with E-state index in [2.05, 4.69) is 15.0 Å². The topological polar surface area (TPSA) is 55.6 Å². The van der Waals surface area contributed by atoms with Crippen LogP contribution in [0.1, 0.15) is 13.3 Å². The van der Waals surface area contributed by atoms with Gasteiger partial charge in [-0.2, -0.15) is 13.2 Å². The van der Waals surface area contributed by atoms with E-state index in [4.69, 9.17) is 0 Å². The molecule has 31 heavy (non-hydrogen) atoms. The number of hydrogen-bond acceptors (Lipinski definition) is 3. The number of amides is 1. The summed E-state index contributed by atoms with van der Waals surface area (Å²) in [5.41, 5.74) is 0.444. The molecule has 2 aromatic heterocycles. The van der Waals surface area contributed by atoms with E-state index >= 15 is 0 Å². The average molecular weight is 449 g/mol. The highest BCUT2D eigenvalue weighted by atomic mass is 19.4. The fourth-order valence-corrected chi connectivity index (χ4v) is 2.77. The first-order chi connectivity index (χ1) is 14.3. The van der Waals surface area contributed by atoms with Crippen LogP contribution in [0.3, 0.4) is 0 Å². The van der Waals surface area contributed by atoms with Gasteiger partial charge in [0.2, 0.25) is 5.91 Å². The Labute approximate surface area is 170 Å². The second-order valence-corrected chi connectivity index (χ2v) is 6.65. The smallest absolute Gasteiger partial charge is 0.406 e. The van der Waals surface area contributed by atoms with Gasteiger partial charge in [-0.05, 0) is 36.4 Å². The van der Waals surface area contributed by atoms with E-state index in [0.717, 1.165) is 31.3 Å². The Hall–Kier alpha value is -3.31. The molecule has 3 rings (SSSR count). The van der Waals surface area contributed by atoms with E-state index in [9.17, 15) is 35.5 Å². The van der Waals surface area contributed by atoms with Gasteiger partial charge in [-0.25, -0.2) is 9.37 Å². The molecule has 0 aliphatic heterocycles. The van der Waals surface area contributed by atoms with Gasteiger partial charge < -0.3 is 10.1 Å². The summed E-state index contributed by atoms with van der Waals surface area (Å²) in [5, 5.41) is 2.27. The maximum absolute atomic E-state index is 13.8. The average Bonchev–Trinajstić information content (AvgIpc) is 2.97. The Morgan fingerprint density at radius 3 is 2.32 bits per heavy atom. The number of rotatable bonds is 5. The molecule has 0 aliphatic rings. The fourth-order valence-electron chi connectivity index (χ4n) is 2.77. The third-order valence-electron chi connectivity index (χ3n) is 4.25. The van der Waals surface area contributed by atoms with E-state index in [-0.39, 0.29) is 22.7 Å². The van der Waals surface area contributed by atoms with Gasteiger partial charge >= 0.3 is 12.5 Å². The summed E-state index contributed by atoms with van der Waals surface area (Å²) in [4.78, 5) is 16.2. The van der Waals surface area contributed by atoms with Crippen molar-refractivity contribution in [2.75, 3.05) is 5.32 Å². The molecule has 5 nitrogen and oxygen atoms in total. The van der Waals surface area contributed by atoms with Gasteiger partial charge in [0.25, 0.3) is 0 Å². The van der Waals surface area contributed by atoms with Crippen molar-refractivity contribution in [1.82, 2.24) is 9.38 Å². The van der Waals surface area contributed by atoms with Crippen molar-refractivity contribution in [2.24, 2.45) is 5.92 Å². The number of benzene rings is 1. The summed E-state index contributed by atoms with van der Waals surface area (Å²) >= 11 is 0. The van der Waals surface area contributed by atoms with Crippen molar-refractivity contribution in [3.63, 3.8) is 0 Å². The molecule has 0 saturated heterocycles. The number of ether oxygens (including phenoxy) is 1. The van der Waals surface area contributed by atoms with Gasteiger partial charge in [-0.3, -0.25) is 9.20 Å². The van der Waals surface area contributed by atoms with Crippen LogP contribution in [0.15, 0.2) is 42.6 Å². The van der Waals surface area contributed by atoms with Crippen LogP contribution in [0.2, 0.25) is 0 Å². The maximum Gasteiger partial charge on any atom is 0.573 e. The molecule has 3 aromatic rings. The lowest BCUT2D eigenvalue weighted by Crippen LogP contribution is -2.25. The lowest BCUT2D eigenvalue weighted by Gasteiger charge is -2.15. The molecule has 0 bridgehead atoms. The molecular formula is C19H14F7N3O2. The number of imidazole rings is 1. The largest absolute Gasteiger partial charge is 0.573 e. The molecule has 1 atom stereocenters. The van der Waals surface area contributed by atoms with Crippen molar-refractivity contribution < 1.29 is 40.3 Å². The first-order valence-electron chi connectivity index (χ1n) is 8.74. The third-order valence-corrected chi connectivity index (χ3v) is 4.25. The van der Waals surface area contributed by atoms with Gasteiger partial charge in [0.1, 0.15) is 17.2 Å². The number of aromatic nitrogens is 2. The molecule has 0 spiro atoms. The van der Waals surface area contributed by atoms with Crippen LogP contribution in [0, 0.1) is 11.7 Å². The highest BCUT2D eigenvalue weighted by Gasteiger charge is 2.37. The number of nitrogens with zero attached hydrogens (tertiary/aromatic N) is 2. The Balaban J connectivity index is 1.98. The van der Waals surface area contributed by atoms with Crippen molar-refractivity contribution >= 4 is 17.4 Å². The van der Waals surface area contributed by atoms with Crippen LogP contribution in [0.25, 0.3) is 16.9 Å². The highest BCUT2D eigenvalue weighted by molar-refractivity contribution is 5.94. The molecule has 0 radical (unpaired) electrons. The number of hydrogen-bond donors (Lipinski definition) is 1. The maximum atomic E-state index is 13.8. The Kier molecular flexibility index (Phi) is 5.83. The zero-order valence-electron chi connectivity index (χ0n) is 15.7. The zero-order valence-corrected chi connectivity index (χ0v) is 15.7. The number of pyridine rings is 1. The summed E-state index contributed by atoms with van der Waals surface area (Å²) < 4.78 is 94.0. The normalized spacial score (nSPS) is 13.3. The van der Waals surface area contributed by atoms with Gasteiger partial charge in [-0.1, -0.05) is 6.92 Å². The molecule has 166 valence electrons. The SMILES string of the molecule is CC(CC(=O)Nc1nc2ccc(F)cn2c1-c1ccc(OC(F)(F)F)cc1)C(F)(F)F. The summed E-state index contributed by atoms with van der Waals surface area (Å²) in [6.45, 7) is 0.846. The predicted molar refractivity (Wildman–Crippen MR) is 95.7 cm³/mol. The molecule has 0 fully saturated rings. The Morgan fingerprint density at radius 2 is 1.74 bits per heavy atom. The van der Waals surface area contributed by atoms with E-state index in [0.29, 0.717) is 0 Å². The number of carbonyl (C=O) groups excluding carboxylic acids is 1. The fraction of sp³-hybridized carbons (Fsp3) is 0.263. The standard InChI is InChI=1S/C19H14F7N3O2/c1-10(18(21,22)23)8-15(30)28-17-16(29-9-12(20)4-7-14(29)27-17)11-2-5-13(6-3-11)31-19(24,25)26/h2-7,9-10H,8H2,1H3,(H,28,30). The first kappa shape index (κ1) is 22.4. The van der Waals surface area contributed by atoms with Crippen molar-refractivity contribution in [3.8, 4) is 17.0 Å². The van der Waals surface area contributed by atoms with Crippen LogP contribution in [0.5, 0.6) is 5.75 Å². The molecular weight excluding hydrogens is 435 g/mol. The van der Waals surface area contributed by atoms with Gasteiger partial charge in [0, 0.05) is 18.2 Å². The molecule has 1 N–H and O–H groups in total. The van der Waals surface area contributed by atoms with E-state index < -0.39 is 42.4 Å². The quantitative estimate of drug-likeness (QED) is 0.519. The zero-order chi connectivity index (χ0) is 23.0. The number of alkyl halides is 6. The molecule has 2 heterocycles. The molecule has 1 unspecified atom stereocenters. The summed E-state index contributed by atoms with van der Waals surface area (Å²) in [7, 11) is 0. The predicted octanol–water partition coefficient (Wildman–Crippen LogP) is 5.57. The van der Waals surface area contributed by atoms with Crippen LogP contribution in [-0.2, 0) is 4.79 Å². The van der Waals surface area contributed by atoms with Crippen LogP contribution < -0.4 is 10.1 Å². The summed E-state index contributed by atoms with van der Waals surface area (Å²) in [6, 6.07) is 6.78. The van der Waals surface area contributed by atoms with Crippen LogP contribution in [-0.4, -0.2) is 27.8 Å². The molecule has 1 amide bonds. The summed E-state index contributed by atoms with van der Waals surface area (Å²) in [5.74, 6) is -4.25. The number of halogens is 7. The van der Waals surface area contributed by atoms with E-state index in [1.54, 1.807) is 0 Å². The highest BCUT2D eigenvalue weighted by Crippen LogP contribution is 2.33. The van der Waals surface area contributed by atoms with Crippen LogP contribution in [0.4, 0.5) is 36.6 Å². The second-order valence-electron chi connectivity index (χ2n) is 6.65. The van der Waals surface area contributed by atoms with E-state index in [1.165, 1.54) is 22.6 Å². The van der Waals surface area contributed by atoms with Gasteiger partial charge in [-0.15, -0.1) is 13.2 Å². The van der Waals surface area contributed by atoms with Crippen molar-refractivity contribution in [2.45, 2.75) is 25.9 Å². The van der Waals surface area contributed by atoms with Crippen molar-refractivity contribution in [1.29, 1.82) is 0 Å². The van der Waals surface area contributed by atoms with E-state index in [1.807, 2.05) is 0 Å². The number of carbonyl (C=O) groups is 1. The minimum atomic E-state index is -4.90. The molecule has 0 saturated carbocycles.